The van der Waals surface area contributed by atoms with E-state index in [0.717, 1.165) is 22.2 Å². The van der Waals surface area contributed by atoms with Gasteiger partial charge < -0.3 is 20.1 Å². The molecule has 0 amide bonds. The van der Waals surface area contributed by atoms with Crippen LogP contribution in [0.4, 0.5) is 6.01 Å². The number of nitrogens with two attached hydrogens (primary N) is 1. The van der Waals surface area contributed by atoms with Gasteiger partial charge in [-0.3, -0.25) is 0 Å². The number of nitrogens with zero attached hydrogens (tertiary/aromatic N) is 1. The van der Waals surface area contributed by atoms with Crippen LogP contribution in [0.15, 0.2) is 45.6 Å². The van der Waals surface area contributed by atoms with Crippen molar-refractivity contribution in [3.63, 3.8) is 0 Å². The van der Waals surface area contributed by atoms with Crippen molar-refractivity contribution in [3.8, 4) is 11.1 Å². The summed E-state index contributed by atoms with van der Waals surface area (Å²) < 4.78 is 5.32. The van der Waals surface area contributed by atoms with E-state index in [9.17, 15) is 4.79 Å². The maximum absolute atomic E-state index is 11.3. The number of nitrogen functional groups attached to an aromatic ring is 1. The standard InChI is InChI=1S/C14H10N4O2/c15-13-18-12-8(2-1-3-11(12)20-13)7-4-5-9-10(6-7)17-14(19)16-9/h1-6H,(H2,15,18)(H2,16,17,19). The van der Waals surface area contributed by atoms with Gasteiger partial charge >= 0.3 is 5.69 Å². The number of H-pyrrole nitrogens is 2. The van der Waals surface area contributed by atoms with Crippen LogP contribution in [0.3, 0.4) is 0 Å². The highest BCUT2D eigenvalue weighted by molar-refractivity contribution is 5.94. The molecule has 0 radical (unpaired) electrons. The number of nitrogens with one attached hydrogen (secondary N) is 2. The Morgan fingerprint density at radius 3 is 2.85 bits per heavy atom. The Kier molecular flexibility index (Phi) is 2.03. The number of imidazole rings is 1. The Bertz CT molecular complexity index is 993. The zero-order valence-electron chi connectivity index (χ0n) is 10.3. The molecule has 0 aliphatic carbocycles. The van der Waals surface area contributed by atoms with Gasteiger partial charge in [-0.05, 0) is 23.8 Å². The number of oxazole rings is 1. The Hall–Kier alpha value is -3.02. The lowest BCUT2D eigenvalue weighted by atomic mass is 10.0. The largest absolute Gasteiger partial charge is 0.424 e. The molecular formula is C14H10N4O2. The van der Waals surface area contributed by atoms with Gasteiger partial charge in [0.05, 0.1) is 11.0 Å². The molecule has 4 aromatic rings. The lowest BCUT2D eigenvalue weighted by Crippen LogP contribution is -1.99. The van der Waals surface area contributed by atoms with E-state index >= 15 is 0 Å². The number of para-hydroxylation sites is 1. The van der Waals surface area contributed by atoms with E-state index in [1.54, 1.807) is 0 Å². The molecule has 4 N–H and O–H groups in total. The number of aromatic nitrogens is 3. The Balaban J connectivity index is 2.02. The van der Waals surface area contributed by atoms with Gasteiger partial charge in [-0.25, -0.2) is 4.79 Å². The van der Waals surface area contributed by atoms with Crippen molar-refractivity contribution in [2.75, 3.05) is 5.73 Å². The number of hydrogen-bond donors (Lipinski definition) is 3. The fourth-order valence-corrected chi connectivity index (χ4v) is 2.40. The monoisotopic (exact) mass is 266 g/mol. The predicted molar refractivity (Wildman–Crippen MR) is 76.3 cm³/mol. The number of aromatic amines is 2. The van der Waals surface area contributed by atoms with Crippen LogP contribution in [0.1, 0.15) is 0 Å². The van der Waals surface area contributed by atoms with Gasteiger partial charge in [-0.1, -0.05) is 18.2 Å². The first kappa shape index (κ1) is 10.9. The Morgan fingerprint density at radius 1 is 1.10 bits per heavy atom. The fraction of sp³-hybridized carbons (Fsp3) is 0. The lowest BCUT2D eigenvalue weighted by molar-refractivity contribution is 0.626. The molecular weight excluding hydrogens is 256 g/mol. The molecule has 0 unspecified atom stereocenters. The summed E-state index contributed by atoms with van der Waals surface area (Å²) in [6.07, 6.45) is 0. The molecule has 0 bridgehead atoms. The first-order valence-corrected chi connectivity index (χ1v) is 6.08. The maximum atomic E-state index is 11.3. The minimum atomic E-state index is -0.221. The van der Waals surface area contributed by atoms with Crippen molar-refractivity contribution in [2.24, 2.45) is 0 Å². The van der Waals surface area contributed by atoms with E-state index in [-0.39, 0.29) is 11.7 Å². The number of fused-ring (bicyclic) bond motifs is 2. The van der Waals surface area contributed by atoms with Crippen LogP contribution in [0.25, 0.3) is 33.3 Å². The van der Waals surface area contributed by atoms with Crippen molar-refractivity contribution in [2.45, 2.75) is 0 Å². The summed E-state index contributed by atoms with van der Waals surface area (Å²) in [6, 6.07) is 11.5. The van der Waals surface area contributed by atoms with Crippen molar-refractivity contribution >= 4 is 28.1 Å². The fourth-order valence-electron chi connectivity index (χ4n) is 2.40. The summed E-state index contributed by atoms with van der Waals surface area (Å²) >= 11 is 0. The third-order valence-corrected chi connectivity index (χ3v) is 3.26. The summed E-state index contributed by atoms with van der Waals surface area (Å²) in [5.41, 5.74) is 10.1. The molecule has 0 saturated heterocycles. The predicted octanol–water partition coefficient (Wildman–Crippen LogP) is 2.25. The van der Waals surface area contributed by atoms with Crippen LogP contribution >= 0.6 is 0 Å². The van der Waals surface area contributed by atoms with E-state index in [1.807, 2.05) is 36.4 Å². The average Bonchev–Trinajstić information content (AvgIpc) is 2.97. The molecule has 0 fully saturated rings. The van der Waals surface area contributed by atoms with Crippen molar-refractivity contribution in [3.05, 3.63) is 46.9 Å². The molecule has 0 atom stereocenters. The second-order valence-corrected chi connectivity index (χ2v) is 4.54. The van der Waals surface area contributed by atoms with E-state index in [0.29, 0.717) is 11.1 Å². The maximum Gasteiger partial charge on any atom is 0.323 e. The topological polar surface area (TPSA) is 101 Å². The summed E-state index contributed by atoms with van der Waals surface area (Å²) in [7, 11) is 0. The van der Waals surface area contributed by atoms with Crippen LogP contribution in [0, 0.1) is 0 Å². The Labute approximate surface area is 112 Å². The zero-order chi connectivity index (χ0) is 13.7. The summed E-state index contributed by atoms with van der Waals surface area (Å²) in [4.78, 5) is 21.0. The zero-order valence-corrected chi connectivity index (χ0v) is 10.3. The first-order chi connectivity index (χ1) is 9.70. The molecule has 6 nitrogen and oxygen atoms in total. The van der Waals surface area contributed by atoms with Gasteiger partial charge in [-0.15, -0.1) is 0 Å². The number of hydrogen-bond acceptors (Lipinski definition) is 4. The minimum absolute atomic E-state index is 0.142. The highest BCUT2D eigenvalue weighted by atomic mass is 16.4. The SMILES string of the molecule is Nc1nc2c(-c3ccc4[nH]c(=O)[nH]c4c3)cccc2o1. The smallest absolute Gasteiger partial charge is 0.323 e. The lowest BCUT2D eigenvalue weighted by Gasteiger charge is -2.02. The molecule has 6 heteroatoms. The van der Waals surface area contributed by atoms with Gasteiger partial charge in [0, 0.05) is 5.56 Å². The molecule has 0 saturated carbocycles. The van der Waals surface area contributed by atoms with E-state index in [4.69, 9.17) is 10.2 Å². The molecule has 4 rings (SSSR count). The molecule has 2 aromatic heterocycles. The van der Waals surface area contributed by atoms with Crippen LogP contribution in [-0.2, 0) is 0 Å². The molecule has 2 heterocycles. The van der Waals surface area contributed by atoms with Gasteiger partial charge in [0.15, 0.2) is 5.58 Å². The molecule has 20 heavy (non-hydrogen) atoms. The highest BCUT2D eigenvalue weighted by Gasteiger charge is 2.10. The highest BCUT2D eigenvalue weighted by Crippen LogP contribution is 2.30. The van der Waals surface area contributed by atoms with E-state index in [2.05, 4.69) is 15.0 Å². The van der Waals surface area contributed by atoms with E-state index < -0.39 is 0 Å². The molecule has 0 spiro atoms. The van der Waals surface area contributed by atoms with E-state index in [1.165, 1.54) is 0 Å². The van der Waals surface area contributed by atoms with Crippen molar-refractivity contribution in [1.29, 1.82) is 0 Å². The van der Waals surface area contributed by atoms with Gasteiger partial charge in [0.1, 0.15) is 5.52 Å². The number of anilines is 1. The van der Waals surface area contributed by atoms with Gasteiger partial charge in [0.2, 0.25) is 0 Å². The normalized spacial score (nSPS) is 11.4. The van der Waals surface area contributed by atoms with Crippen LogP contribution in [-0.4, -0.2) is 15.0 Å². The average molecular weight is 266 g/mol. The third-order valence-electron chi connectivity index (χ3n) is 3.26. The number of rotatable bonds is 1. The van der Waals surface area contributed by atoms with Gasteiger partial charge in [0.25, 0.3) is 6.01 Å². The van der Waals surface area contributed by atoms with Crippen molar-refractivity contribution < 1.29 is 4.42 Å². The molecule has 0 aliphatic heterocycles. The van der Waals surface area contributed by atoms with Crippen LogP contribution in [0.5, 0.6) is 0 Å². The quantitative estimate of drug-likeness (QED) is 0.491. The van der Waals surface area contributed by atoms with Gasteiger partial charge in [-0.2, -0.15) is 4.98 Å². The third kappa shape index (κ3) is 1.51. The Morgan fingerprint density at radius 2 is 1.95 bits per heavy atom. The second kappa shape index (κ2) is 3.74. The summed E-state index contributed by atoms with van der Waals surface area (Å²) in [5, 5.41) is 0. The molecule has 98 valence electrons. The van der Waals surface area contributed by atoms with Crippen LogP contribution < -0.4 is 11.4 Å². The van der Waals surface area contributed by atoms with Crippen molar-refractivity contribution in [1.82, 2.24) is 15.0 Å². The second-order valence-electron chi connectivity index (χ2n) is 4.54. The molecule has 2 aromatic carbocycles. The first-order valence-electron chi connectivity index (χ1n) is 6.08. The summed E-state index contributed by atoms with van der Waals surface area (Å²) in [6.45, 7) is 0. The molecule has 0 aliphatic rings. The van der Waals surface area contributed by atoms with Crippen LogP contribution in [0.2, 0.25) is 0 Å². The number of benzene rings is 2. The summed E-state index contributed by atoms with van der Waals surface area (Å²) in [5.74, 6) is 0. The minimum Gasteiger partial charge on any atom is -0.424 e.